The Labute approximate surface area is 155 Å². The summed E-state index contributed by atoms with van der Waals surface area (Å²) in [7, 11) is 0. The van der Waals surface area contributed by atoms with Crippen LogP contribution in [-0.2, 0) is 9.53 Å². The zero-order valence-corrected chi connectivity index (χ0v) is 15.5. The highest BCUT2D eigenvalue weighted by atomic mass is 16.5. The molecule has 1 atom stereocenters. The molecule has 140 valence electrons. The predicted octanol–water partition coefficient (Wildman–Crippen LogP) is 4.39. The number of hydrogen-bond acceptors (Lipinski definition) is 5. The number of benzene rings is 2. The topological polar surface area (TPSA) is 93.8 Å². The van der Waals surface area contributed by atoms with E-state index in [2.05, 4.69) is 0 Å². The van der Waals surface area contributed by atoms with E-state index in [0.29, 0.717) is 22.1 Å². The smallest absolute Gasteiger partial charge is 0.335 e. The summed E-state index contributed by atoms with van der Waals surface area (Å²) >= 11 is 0. The van der Waals surface area contributed by atoms with Gasteiger partial charge in [-0.2, -0.15) is 0 Å². The first-order valence-corrected chi connectivity index (χ1v) is 8.64. The van der Waals surface area contributed by atoms with Crippen LogP contribution in [0.1, 0.15) is 61.2 Å². The third-order valence-corrected chi connectivity index (χ3v) is 4.50. The number of carboxylic acid groups (broad SMARTS) is 1. The molecule has 0 saturated heterocycles. The molecule has 0 fully saturated rings. The van der Waals surface area contributed by atoms with Gasteiger partial charge < -0.3 is 14.3 Å². The molecule has 6 nitrogen and oxygen atoms in total. The molecule has 1 unspecified atom stereocenters. The summed E-state index contributed by atoms with van der Waals surface area (Å²) in [4.78, 5) is 35.6. The number of aromatic carboxylic acids is 1. The van der Waals surface area contributed by atoms with E-state index in [-0.39, 0.29) is 22.3 Å². The third kappa shape index (κ3) is 3.43. The molecule has 1 aromatic heterocycles. The predicted molar refractivity (Wildman–Crippen MR) is 101 cm³/mol. The lowest BCUT2D eigenvalue weighted by Gasteiger charge is -2.17. The van der Waals surface area contributed by atoms with Crippen LogP contribution >= 0.6 is 0 Å². The maximum absolute atomic E-state index is 13.1. The fraction of sp³-hybridized carbons (Fsp3) is 0.286. The highest BCUT2D eigenvalue weighted by Crippen LogP contribution is 2.31. The number of esters is 1. The van der Waals surface area contributed by atoms with Crippen molar-refractivity contribution in [3.8, 4) is 0 Å². The molecule has 0 saturated carbocycles. The van der Waals surface area contributed by atoms with E-state index in [1.54, 1.807) is 13.0 Å². The summed E-state index contributed by atoms with van der Waals surface area (Å²) < 4.78 is 11.2. The van der Waals surface area contributed by atoms with Gasteiger partial charge in [-0.05, 0) is 54.3 Å². The maximum atomic E-state index is 13.1. The average Bonchev–Trinajstić information content (AvgIpc) is 2.60. The van der Waals surface area contributed by atoms with E-state index in [1.165, 1.54) is 25.1 Å². The van der Waals surface area contributed by atoms with Crippen molar-refractivity contribution < 1.29 is 23.8 Å². The molecule has 0 amide bonds. The van der Waals surface area contributed by atoms with Crippen molar-refractivity contribution in [2.24, 2.45) is 0 Å². The fourth-order valence-electron chi connectivity index (χ4n) is 3.12. The van der Waals surface area contributed by atoms with Crippen LogP contribution in [0.25, 0.3) is 21.9 Å². The molecular formula is C21H20O6. The molecule has 1 N–H and O–H groups in total. The van der Waals surface area contributed by atoms with Crippen LogP contribution in [-0.4, -0.2) is 17.0 Å². The Bertz CT molecular complexity index is 1120. The number of carbonyl (C=O) groups is 2. The highest BCUT2D eigenvalue weighted by Gasteiger charge is 2.19. The van der Waals surface area contributed by atoms with Crippen molar-refractivity contribution >= 4 is 33.9 Å². The van der Waals surface area contributed by atoms with Crippen molar-refractivity contribution in [3.63, 3.8) is 0 Å². The quantitative estimate of drug-likeness (QED) is 0.542. The number of carbonyl (C=O) groups excluding carboxylic acids is 1. The molecule has 0 aliphatic heterocycles. The Morgan fingerprint density at radius 3 is 2.37 bits per heavy atom. The summed E-state index contributed by atoms with van der Waals surface area (Å²) in [5, 5.41) is 9.73. The molecule has 3 rings (SSSR count). The molecule has 0 aliphatic carbocycles. The van der Waals surface area contributed by atoms with Gasteiger partial charge in [0.2, 0.25) is 5.43 Å². The first kappa shape index (κ1) is 18.6. The molecule has 0 spiro atoms. The largest absolute Gasteiger partial charge is 0.478 e. The summed E-state index contributed by atoms with van der Waals surface area (Å²) in [5.74, 6) is -1.46. The second kappa shape index (κ2) is 6.87. The number of carboxylic acids is 1. The van der Waals surface area contributed by atoms with Crippen molar-refractivity contribution in [2.45, 2.75) is 39.7 Å². The van der Waals surface area contributed by atoms with Crippen LogP contribution in [0, 0.1) is 0 Å². The molecule has 0 radical (unpaired) electrons. The van der Waals surface area contributed by atoms with Gasteiger partial charge in [-0.25, -0.2) is 4.79 Å². The SMILES string of the molecule is CC(=O)OC(C)c1cc(C(C)C)c2oc3ccc(C(=O)O)cc3c(=O)c2c1. The lowest BCUT2D eigenvalue weighted by molar-refractivity contribution is -0.145. The molecular weight excluding hydrogens is 348 g/mol. The van der Waals surface area contributed by atoms with Crippen LogP contribution in [0.3, 0.4) is 0 Å². The lowest BCUT2D eigenvalue weighted by atomic mass is 9.95. The van der Waals surface area contributed by atoms with Gasteiger partial charge in [-0.1, -0.05) is 13.8 Å². The van der Waals surface area contributed by atoms with Crippen molar-refractivity contribution in [2.75, 3.05) is 0 Å². The fourth-order valence-corrected chi connectivity index (χ4v) is 3.12. The summed E-state index contributed by atoms with van der Waals surface area (Å²) in [6.07, 6.45) is -0.523. The maximum Gasteiger partial charge on any atom is 0.335 e. The number of fused-ring (bicyclic) bond motifs is 2. The summed E-state index contributed by atoms with van der Waals surface area (Å²) in [6.45, 7) is 7.02. The summed E-state index contributed by atoms with van der Waals surface area (Å²) in [5.41, 5.74) is 2.01. The number of hydrogen-bond donors (Lipinski definition) is 1. The standard InChI is InChI=1S/C21H20O6/c1-10(2)15-8-14(11(3)26-12(4)22)9-17-19(23)16-7-13(21(24)25)5-6-18(16)27-20(15)17/h5-11H,1-4H3,(H,24,25). The minimum atomic E-state index is -1.11. The second-order valence-electron chi connectivity index (χ2n) is 6.84. The molecule has 0 bridgehead atoms. The Kier molecular flexibility index (Phi) is 4.74. The van der Waals surface area contributed by atoms with Gasteiger partial charge in [-0.3, -0.25) is 9.59 Å². The molecule has 27 heavy (non-hydrogen) atoms. The molecule has 0 aliphatic rings. The van der Waals surface area contributed by atoms with Gasteiger partial charge in [0.25, 0.3) is 0 Å². The first-order chi connectivity index (χ1) is 12.7. The Balaban J connectivity index is 2.36. The number of ether oxygens (including phenoxy) is 1. The van der Waals surface area contributed by atoms with Crippen molar-refractivity contribution in [1.82, 2.24) is 0 Å². The van der Waals surface area contributed by atoms with Crippen molar-refractivity contribution in [3.05, 3.63) is 57.2 Å². The molecule has 2 aromatic carbocycles. The van der Waals surface area contributed by atoms with Gasteiger partial charge in [0.1, 0.15) is 17.3 Å². The van der Waals surface area contributed by atoms with Gasteiger partial charge in [0.05, 0.1) is 16.3 Å². The van der Waals surface area contributed by atoms with E-state index >= 15 is 0 Å². The average molecular weight is 368 g/mol. The first-order valence-electron chi connectivity index (χ1n) is 8.64. The lowest BCUT2D eigenvalue weighted by Crippen LogP contribution is -2.10. The van der Waals surface area contributed by atoms with Crippen molar-refractivity contribution in [1.29, 1.82) is 0 Å². The molecule has 3 aromatic rings. The van der Waals surface area contributed by atoms with Crippen LogP contribution < -0.4 is 5.43 Å². The molecule has 6 heteroatoms. The number of rotatable bonds is 4. The minimum Gasteiger partial charge on any atom is -0.478 e. The normalized spacial score (nSPS) is 12.5. The monoisotopic (exact) mass is 368 g/mol. The van der Waals surface area contributed by atoms with Gasteiger partial charge >= 0.3 is 11.9 Å². The van der Waals surface area contributed by atoms with Crippen LogP contribution in [0.4, 0.5) is 0 Å². The highest BCUT2D eigenvalue weighted by molar-refractivity contribution is 5.96. The molecule has 1 heterocycles. The minimum absolute atomic E-state index is 0.0164. The zero-order chi connectivity index (χ0) is 19.9. The van der Waals surface area contributed by atoms with Gasteiger partial charge in [-0.15, -0.1) is 0 Å². The van der Waals surface area contributed by atoms with Crippen LogP contribution in [0.2, 0.25) is 0 Å². The zero-order valence-electron chi connectivity index (χ0n) is 15.5. The summed E-state index contributed by atoms with van der Waals surface area (Å²) in [6, 6.07) is 7.75. The van der Waals surface area contributed by atoms with E-state index in [1.807, 2.05) is 19.9 Å². The van der Waals surface area contributed by atoms with Gasteiger partial charge in [0.15, 0.2) is 0 Å². The van der Waals surface area contributed by atoms with E-state index in [4.69, 9.17) is 9.15 Å². The Morgan fingerprint density at radius 2 is 1.78 bits per heavy atom. The van der Waals surface area contributed by atoms with Gasteiger partial charge in [0, 0.05) is 6.92 Å². The van der Waals surface area contributed by atoms with Crippen LogP contribution in [0.15, 0.2) is 39.5 Å². The Hall–Kier alpha value is -3.15. The second-order valence-corrected chi connectivity index (χ2v) is 6.84. The van der Waals surface area contributed by atoms with E-state index < -0.39 is 18.0 Å². The van der Waals surface area contributed by atoms with E-state index in [0.717, 1.165) is 5.56 Å². The van der Waals surface area contributed by atoms with E-state index in [9.17, 15) is 19.5 Å². The van der Waals surface area contributed by atoms with Crippen LogP contribution in [0.5, 0.6) is 0 Å². The third-order valence-electron chi connectivity index (χ3n) is 4.50. The Morgan fingerprint density at radius 1 is 1.07 bits per heavy atom.